The van der Waals surface area contributed by atoms with Gasteiger partial charge >= 0.3 is 5.97 Å². The van der Waals surface area contributed by atoms with E-state index < -0.39 is 0 Å². The van der Waals surface area contributed by atoms with Crippen LogP contribution in [0.25, 0.3) is 0 Å². The molecule has 1 aliphatic rings. The van der Waals surface area contributed by atoms with E-state index in [0.717, 1.165) is 25.7 Å². The van der Waals surface area contributed by atoms with Crippen molar-refractivity contribution in [2.75, 3.05) is 6.61 Å². The highest BCUT2D eigenvalue weighted by molar-refractivity contribution is 6.20. The highest BCUT2D eigenvalue weighted by atomic mass is 35.5. The summed E-state index contributed by atoms with van der Waals surface area (Å²) in [6.07, 6.45) is 7.46. The van der Waals surface area contributed by atoms with E-state index in [0.29, 0.717) is 6.61 Å². The molecule has 0 aliphatic heterocycles. The van der Waals surface area contributed by atoms with Gasteiger partial charge in [0.15, 0.2) is 0 Å². The van der Waals surface area contributed by atoms with Gasteiger partial charge in [0.1, 0.15) is 0 Å². The molecule has 0 aromatic carbocycles. The van der Waals surface area contributed by atoms with Gasteiger partial charge in [-0.15, -0.1) is 11.6 Å². The molecule has 1 aliphatic carbocycles. The predicted molar refractivity (Wildman–Crippen MR) is 62.1 cm³/mol. The molecule has 1 fully saturated rings. The maximum Gasteiger partial charge on any atom is 0.308 e. The molecule has 3 heteroatoms. The summed E-state index contributed by atoms with van der Waals surface area (Å²) >= 11 is 5.80. The number of hydrogen-bond donors (Lipinski definition) is 0. The Kier molecular flexibility index (Phi) is 6.07. The van der Waals surface area contributed by atoms with Crippen LogP contribution in [-0.2, 0) is 9.53 Å². The normalized spacial score (nSPS) is 19.9. The van der Waals surface area contributed by atoms with Crippen LogP contribution >= 0.6 is 11.6 Å². The number of halogens is 1. The van der Waals surface area contributed by atoms with Gasteiger partial charge in [-0.3, -0.25) is 4.79 Å². The smallest absolute Gasteiger partial charge is 0.308 e. The maximum atomic E-state index is 11.6. The quantitative estimate of drug-likeness (QED) is 0.412. The van der Waals surface area contributed by atoms with Gasteiger partial charge in [0.25, 0.3) is 0 Å². The Hall–Kier alpha value is -0.240. The summed E-state index contributed by atoms with van der Waals surface area (Å²) in [5.41, 5.74) is 0. The highest BCUT2D eigenvalue weighted by Gasteiger charge is 2.22. The van der Waals surface area contributed by atoms with Crippen molar-refractivity contribution in [2.45, 2.75) is 57.2 Å². The molecule has 0 heterocycles. The average Bonchev–Trinajstić information content (AvgIpc) is 2.25. The van der Waals surface area contributed by atoms with E-state index >= 15 is 0 Å². The Bertz CT molecular complexity index is 186. The van der Waals surface area contributed by atoms with Crippen molar-refractivity contribution >= 4 is 17.6 Å². The monoisotopic (exact) mass is 232 g/mol. The first-order valence-corrected chi connectivity index (χ1v) is 6.44. The molecule has 0 aromatic rings. The van der Waals surface area contributed by atoms with E-state index in [1.807, 2.05) is 6.92 Å². The molecule has 0 saturated heterocycles. The van der Waals surface area contributed by atoms with Crippen LogP contribution in [0.3, 0.4) is 0 Å². The highest BCUT2D eigenvalue weighted by Crippen LogP contribution is 2.24. The number of hydrogen-bond acceptors (Lipinski definition) is 2. The van der Waals surface area contributed by atoms with Crippen LogP contribution in [0.4, 0.5) is 0 Å². The lowest BCUT2D eigenvalue weighted by Crippen LogP contribution is -2.20. The first-order chi connectivity index (χ1) is 7.20. The van der Waals surface area contributed by atoms with Crippen LogP contribution in [0.5, 0.6) is 0 Å². The second kappa shape index (κ2) is 7.10. The van der Waals surface area contributed by atoms with Crippen LogP contribution in [0.1, 0.15) is 51.9 Å². The van der Waals surface area contributed by atoms with Crippen LogP contribution in [0, 0.1) is 5.92 Å². The van der Waals surface area contributed by atoms with Crippen molar-refractivity contribution in [2.24, 2.45) is 5.92 Å². The molecular formula is C12H21ClO2. The van der Waals surface area contributed by atoms with E-state index in [9.17, 15) is 4.79 Å². The van der Waals surface area contributed by atoms with Crippen molar-refractivity contribution in [1.82, 2.24) is 0 Å². The first kappa shape index (κ1) is 12.8. The Balaban J connectivity index is 2.07. The molecule has 0 aromatic heterocycles. The van der Waals surface area contributed by atoms with E-state index in [1.54, 1.807) is 0 Å². The first-order valence-electron chi connectivity index (χ1n) is 6.01. The topological polar surface area (TPSA) is 26.3 Å². The van der Waals surface area contributed by atoms with E-state index in [2.05, 4.69) is 0 Å². The molecule has 88 valence electrons. The third-order valence-corrected chi connectivity index (χ3v) is 3.15. The van der Waals surface area contributed by atoms with E-state index in [1.165, 1.54) is 19.3 Å². The molecule has 2 nitrogen and oxygen atoms in total. The Morgan fingerprint density at radius 3 is 2.67 bits per heavy atom. The minimum absolute atomic E-state index is 0.0110. The Morgan fingerprint density at radius 2 is 2.07 bits per heavy atom. The molecule has 0 bridgehead atoms. The molecule has 0 radical (unpaired) electrons. The van der Waals surface area contributed by atoms with Gasteiger partial charge in [-0.2, -0.15) is 0 Å². The van der Waals surface area contributed by atoms with Crippen LogP contribution in [0.2, 0.25) is 0 Å². The summed E-state index contributed by atoms with van der Waals surface area (Å²) < 4.78 is 5.23. The third-order valence-electron chi connectivity index (χ3n) is 2.93. The minimum atomic E-state index is 0.0110. The molecule has 1 saturated carbocycles. The SMILES string of the molecule is CC(Cl)CCCOC(=O)C1CCCCC1. The van der Waals surface area contributed by atoms with Crippen molar-refractivity contribution in [3.63, 3.8) is 0 Å². The lowest BCUT2D eigenvalue weighted by molar-refractivity contribution is -0.149. The summed E-state index contributed by atoms with van der Waals surface area (Å²) in [4.78, 5) is 11.6. The zero-order chi connectivity index (χ0) is 11.1. The van der Waals surface area contributed by atoms with Crippen molar-refractivity contribution in [1.29, 1.82) is 0 Å². The lowest BCUT2D eigenvalue weighted by atomic mass is 9.89. The summed E-state index contributed by atoms with van der Waals surface area (Å²) in [5, 5.41) is 0.179. The van der Waals surface area contributed by atoms with Crippen LogP contribution < -0.4 is 0 Å². The van der Waals surface area contributed by atoms with Gasteiger partial charge in [0.2, 0.25) is 0 Å². The minimum Gasteiger partial charge on any atom is -0.465 e. The standard InChI is InChI=1S/C12H21ClO2/c1-10(13)6-5-9-15-12(14)11-7-3-2-4-8-11/h10-11H,2-9H2,1H3. The van der Waals surface area contributed by atoms with Crippen molar-refractivity contribution < 1.29 is 9.53 Å². The van der Waals surface area contributed by atoms with Gasteiger partial charge in [-0.25, -0.2) is 0 Å². The van der Waals surface area contributed by atoms with Gasteiger partial charge < -0.3 is 4.74 Å². The lowest BCUT2D eigenvalue weighted by Gasteiger charge is -2.19. The zero-order valence-electron chi connectivity index (χ0n) is 9.51. The van der Waals surface area contributed by atoms with Gasteiger partial charge in [-0.1, -0.05) is 19.3 Å². The molecule has 0 amide bonds. The Morgan fingerprint density at radius 1 is 1.40 bits per heavy atom. The fraction of sp³-hybridized carbons (Fsp3) is 0.917. The number of carbonyl (C=O) groups excluding carboxylic acids is 1. The van der Waals surface area contributed by atoms with Crippen LogP contribution in [0.15, 0.2) is 0 Å². The largest absolute Gasteiger partial charge is 0.465 e. The maximum absolute atomic E-state index is 11.6. The molecule has 1 atom stereocenters. The molecule has 1 rings (SSSR count). The summed E-state index contributed by atoms with van der Waals surface area (Å²) in [7, 11) is 0. The van der Waals surface area contributed by atoms with Crippen molar-refractivity contribution in [3.05, 3.63) is 0 Å². The van der Waals surface area contributed by atoms with E-state index in [4.69, 9.17) is 16.3 Å². The van der Waals surface area contributed by atoms with Gasteiger partial charge in [-0.05, 0) is 32.6 Å². The molecule has 0 spiro atoms. The third kappa shape index (κ3) is 5.41. The Labute approximate surface area is 97.3 Å². The second-order valence-electron chi connectivity index (χ2n) is 4.43. The number of alkyl halides is 1. The number of carbonyl (C=O) groups is 1. The second-order valence-corrected chi connectivity index (χ2v) is 5.17. The molecule has 0 N–H and O–H groups in total. The zero-order valence-corrected chi connectivity index (χ0v) is 10.3. The summed E-state index contributed by atoms with van der Waals surface area (Å²) in [5.74, 6) is 0.184. The number of esters is 1. The van der Waals surface area contributed by atoms with Crippen molar-refractivity contribution in [3.8, 4) is 0 Å². The van der Waals surface area contributed by atoms with Crippen LogP contribution in [-0.4, -0.2) is 18.0 Å². The average molecular weight is 233 g/mol. The molecular weight excluding hydrogens is 212 g/mol. The summed E-state index contributed by atoms with van der Waals surface area (Å²) in [6.45, 7) is 2.50. The van der Waals surface area contributed by atoms with E-state index in [-0.39, 0.29) is 17.3 Å². The number of rotatable bonds is 5. The number of ether oxygens (including phenoxy) is 1. The van der Waals surface area contributed by atoms with Gasteiger partial charge in [0.05, 0.1) is 12.5 Å². The predicted octanol–water partition coefficient (Wildman–Crippen LogP) is 3.52. The summed E-state index contributed by atoms with van der Waals surface area (Å²) in [6, 6.07) is 0. The van der Waals surface area contributed by atoms with Gasteiger partial charge in [0, 0.05) is 5.38 Å². The molecule has 1 unspecified atom stereocenters. The molecule has 15 heavy (non-hydrogen) atoms. The fourth-order valence-electron chi connectivity index (χ4n) is 1.99. The fourth-order valence-corrected chi connectivity index (χ4v) is 2.15.